The zero-order chi connectivity index (χ0) is 30.1. The molecule has 0 fully saturated rings. The van der Waals surface area contributed by atoms with Gasteiger partial charge in [0.15, 0.2) is 0 Å². The van der Waals surface area contributed by atoms with E-state index in [9.17, 15) is 8.42 Å². The molecule has 5 heteroatoms. The maximum absolute atomic E-state index is 11.1. The van der Waals surface area contributed by atoms with E-state index in [1.807, 2.05) is 0 Å². The molecular weight excluding hydrogens is 528 g/mol. The predicted octanol–water partition coefficient (Wildman–Crippen LogP) is 12.9. The van der Waals surface area contributed by atoms with Crippen LogP contribution in [0.1, 0.15) is 219 Å². The van der Waals surface area contributed by atoms with Crippen LogP contribution in [0.15, 0.2) is 0 Å². The topological polar surface area (TPSA) is 63.6 Å². The van der Waals surface area contributed by atoms with Crippen molar-refractivity contribution < 1.29 is 17.2 Å². The van der Waals surface area contributed by atoms with Crippen molar-refractivity contribution in [2.75, 3.05) is 6.61 Å². The molecule has 0 amide bonds. The van der Waals surface area contributed by atoms with Gasteiger partial charge in [-0.15, -0.1) is 0 Å². The molecular formula is C36H74O4S. The molecule has 4 nitrogen and oxygen atoms in total. The van der Waals surface area contributed by atoms with E-state index in [1.54, 1.807) is 0 Å². The molecule has 0 aliphatic rings. The second-order valence-corrected chi connectivity index (χ2v) is 14.1. The van der Waals surface area contributed by atoms with E-state index >= 15 is 0 Å². The fraction of sp³-hybridized carbons (Fsp3) is 1.00. The molecule has 0 bridgehead atoms. The summed E-state index contributed by atoms with van der Waals surface area (Å²) in [7, 11) is -4.34. The van der Waals surface area contributed by atoms with Gasteiger partial charge in [-0.25, -0.2) is 4.18 Å². The molecule has 0 aliphatic heterocycles. The number of unbranched alkanes of at least 4 members (excludes halogenated alkanes) is 28. The van der Waals surface area contributed by atoms with Crippen LogP contribution in [0, 0.1) is 5.92 Å². The summed E-state index contributed by atoms with van der Waals surface area (Å²) in [5, 5.41) is 0. The molecule has 1 atom stereocenters. The van der Waals surface area contributed by atoms with E-state index in [0.717, 1.165) is 25.7 Å². The minimum atomic E-state index is -4.34. The molecule has 0 rings (SSSR count). The highest BCUT2D eigenvalue weighted by Crippen LogP contribution is 2.21. The van der Waals surface area contributed by atoms with Gasteiger partial charge in [0.25, 0.3) is 0 Å². The Balaban J connectivity index is 3.66. The van der Waals surface area contributed by atoms with Crippen LogP contribution in [0.25, 0.3) is 0 Å². The Morgan fingerprint density at radius 3 is 0.854 bits per heavy atom. The predicted molar refractivity (Wildman–Crippen MR) is 180 cm³/mol. The number of hydrogen-bond acceptors (Lipinski definition) is 3. The van der Waals surface area contributed by atoms with Crippen molar-refractivity contribution in [3.05, 3.63) is 0 Å². The van der Waals surface area contributed by atoms with Crippen molar-refractivity contribution in [2.45, 2.75) is 219 Å². The molecule has 0 spiro atoms. The van der Waals surface area contributed by atoms with Gasteiger partial charge in [-0.2, -0.15) is 8.42 Å². The van der Waals surface area contributed by atoms with Crippen molar-refractivity contribution in [1.82, 2.24) is 0 Å². The Morgan fingerprint density at radius 2 is 0.634 bits per heavy atom. The van der Waals surface area contributed by atoms with Gasteiger partial charge in [0.1, 0.15) is 0 Å². The molecule has 0 saturated heterocycles. The Morgan fingerprint density at radius 1 is 0.415 bits per heavy atom. The van der Waals surface area contributed by atoms with Crippen molar-refractivity contribution in [2.24, 2.45) is 5.92 Å². The molecule has 0 aromatic heterocycles. The normalized spacial score (nSPS) is 12.8. The molecule has 0 heterocycles. The summed E-state index contributed by atoms with van der Waals surface area (Å²) < 4.78 is 36.0. The third-order valence-corrected chi connectivity index (χ3v) is 9.32. The number of hydrogen-bond donors (Lipinski definition) is 1. The highest BCUT2D eigenvalue weighted by Gasteiger charge is 2.13. The van der Waals surface area contributed by atoms with Gasteiger partial charge in [-0.3, -0.25) is 4.55 Å². The van der Waals surface area contributed by atoms with E-state index in [-0.39, 0.29) is 12.5 Å². The summed E-state index contributed by atoms with van der Waals surface area (Å²) in [6.07, 6.45) is 42.7. The smallest absolute Gasteiger partial charge is 0.264 e. The lowest BCUT2D eigenvalue weighted by molar-refractivity contribution is 0.204. The van der Waals surface area contributed by atoms with Crippen LogP contribution < -0.4 is 0 Å². The zero-order valence-electron chi connectivity index (χ0n) is 28.0. The second kappa shape index (κ2) is 32.8. The highest BCUT2D eigenvalue weighted by molar-refractivity contribution is 7.80. The lowest BCUT2D eigenvalue weighted by Crippen LogP contribution is -2.14. The summed E-state index contributed by atoms with van der Waals surface area (Å²) in [4.78, 5) is 0. The molecule has 0 radical (unpaired) electrons. The van der Waals surface area contributed by atoms with E-state index in [1.165, 1.54) is 180 Å². The summed E-state index contributed by atoms with van der Waals surface area (Å²) in [6, 6.07) is 0. The highest BCUT2D eigenvalue weighted by atomic mass is 32.3. The van der Waals surface area contributed by atoms with E-state index in [4.69, 9.17) is 8.74 Å². The van der Waals surface area contributed by atoms with Crippen molar-refractivity contribution in [3.8, 4) is 0 Å². The minimum Gasteiger partial charge on any atom is -0.264 e. The molecule has 1 N–H and O–H groups in total. The first-order valence-electron chi connectivity index (χ1n) is 18.6. The van der Waals surface area contributed by atoms with Crippen LogP contribution in [0.4, 0.5) is 0 Å². The summed E-state index contributed by atoms with van der Waals surface area (Å²) >= 11 is 0. The van der Waals surface area contributed by atoms with Gasteiger partial charge in [-0.1, -0.05) is 206 Å². The molecule has 248 valence electrons. The van der Waals surface area contributed by atoms with E-state index in [0.29, 0.717) is 0 Å². The van der Waals surface area contributed by atoms with Gasteiger partial charge in [0.05, 0.1) is 6.61 Å². The zero-order valence-corrected chi connectivity index (χ0v) is 28.8. The Bertz CT molecular complexity index is 592. The molecule has 1 unspecified atom stereocenters. The van der Waals surface area contributed by atoms with Crippen molar-refractivity contribution in [1.29, 1.82) is 0 Å². The van der Waals surface area contributed by atoms with Gasteiger partial charge >= 0.3 is 10.4 Å². The fourth-order valence-electron chi connectivity index (χ4n) is 6.10. The molecule has 0 aromatic carbocycles. The van der Waals surface area contributed by atoms with Gasteiger partial charge < -0.3 is 0 Å². The van der Waals surface area contributed by atoms with Crippen LogP contribution >= 0.6 is 0 Å². The lowest BCUT2D eigenvalue weighted by atomic mass is 9.94. The monoisotopic (exact) mass is 603 g/mol. The fourth-order valence-corrected chi connectivity index (χ4v) is 6.47. The van der Waals surface area contributed by atoms with Crippen LogP contribution in [-0.2, 0) is 14.6 Å². The average Bonchev–Trinajstić information content (AvgIpc) is 2.94. The van der Waals surface area contributed by atoms with Crippen LogP contribution in [0.5, 0.6) is 0 Å². The Hall–Kier alpha value is -0.130. The average molecular weight is 603 g/mol. The third-order valence-electron chi connectivity index (χ3n) is 8.88. The SMILES string of the molecule is CCCCCCCCCCCCCCCCCCCC(CCCCCCCCCCCCCCC)COS(=O)(=O)O. The first kappa shape index (κ1) is 40.9. The largest absolute Gasteiger partial charge is 0.397 e. The standard InChI is InChI=1S/C36H74O4S/c1-3-5-7-9-11-13-15-17-18-19-20-22-24-26-28-30-32-34-36(35-40-41(37,38)39)33-31-29-27-25-23-21-16-14-12-10-8-6-4-2/h36H,3-35H2,1-2H3,(H,37,38,39). The first-order chi connectivity index (χ1) is 20.0. The minimum absolute atomic E-state index is 0.135. The van der Waals surface area contributed by atoms with Crippen LogP contribution in [0.2, 0.25) is 0 Å². The quantitative estimate of drug-likeness (QED) is 0.0579. The van der Waals surface area contributed by atoms with Crippen molar-refractivity contribution >= 4 is 10.4 Å². The summed E-state index contributed by atoms with van der Waals surface area (Å²) in [5.74, 6) is 0.237. The van der Waals surface area contributed by atoms with Gasteiger partial charge in [0.2, 0.25) is 0 Å². The first-order valence-corrected chi connectivity index (χ1v) is 20.0. The second-order valence-electron chi connectivity index (χ2n) is 13.1. The third kappa shape index (κ3) is 36.0. The van der Waals surface area contributed by atoms with E-state index in [2.05, 4.69) is 13.8 Å². The van der Waals surface area contributed by atoms with Crippen LogP contribution in [0.3, 0.4) is 0 Å². The molecule has 0 saturated carbocycles. The van der Waals surface area contributed by atoms with E-state index < -0.39 is 10.4 Å². The molecule has 0 aromatic rings. The lowest BCUT2D eigenvalue weighted by Gasteiger charge is -2.16. The maximum atomic E-state index is 11.1. The van der Waals surface area contributed by atoms with Crippen LogP contribution in [-0.4, -0.2) is 19.6 Å². The van der Waals surface area contributed by atoms with Gasteiger partial charge in [0, 0.05) is 0 Å². The summed E-state index contributed by atoms with van der Waals surface area (Å²) in [5.41, 5.74) is 0. The Labute approximate surface area is 258 Å². The molecule has 0 aliphatic carbocycles. The molecule has 41 heavy (non-hydrogen) atoms. The van der Waals surface area contributed by atoms with Crippen molar-refractivity contribution in [3.63, 3.8) is 0 Å². The maximum Gasteiger partial charge on any atom is 0.397 e. The Kier molecular flexibility index (Phi) is 32.7. The van der Waals surface area contributed by atoms with Gasteiger partial charge in [-0.05, 0) is 18.8 Å². The number of rotatable bonds is 35. The summed E-state index contributed by atoms with van der Waals surface area (Å²) in [6.45, 7) is 4.69.